The van der Waals surface area contributed by atoms with Gasteiger partial charge in [-0.25, -0.2) is 9.59 Å². The van der Waals surface area contributed by atoms with E-state index in [1.807, 2.05) is 64.4 Å². The van der Waals surface area contributed by atoms with Crippen molar-refractivity contribution in [1.82, 2.24) is 4.98 Å². The maximum Gasteiger partial charge on any atom is 0.372 e. The lowest BCUT2D eigenvalue weighted by Gasteiger charge is -2.16. The Morgan fingerprint density at radius 1 is 0.875 bits per heavy atom. The number of nitrogens with zero attached hydrogens (tertiary/aromatic N) is 3. The second-order valence-electron chi connectivity index (χ2n) is 7.35. The van der Waals surface area contributed by atoms with E-state index in [1.54, 1.807) is 20.0 Å². The fourth-order valence-electron chi connectivity index (χ4n) is 3.60. The van der Waals surface area contributed by atoms with Gasteiger partial charge in [-0.05, 0) is 44.0 Å². The molecule has 0 saturated carbocycles. The van der Waals surface area contributed by atoms with E-state index in [4.69, 9.17) is 9.47 Å². The molecule has 0 aliphatic heterocycles. The summed E-state index contributed by atoms with van der Waals surface area (Å²) in [6, 6.07) is 11.9. The van der Waals surface area contributed by atoms with Crippen LogP contribution in [0.5, 0.6) is 0 Å². The van der Waals surface area contributed by atoms with Crippen LogP contribution in [0, 0.1) is 0 Å². The van der Waals surface area contributed by atoms with E-state index in [9.17, 15) is 9.59 Å². The van der Waals surface area contributed by atoms with E-state index in [1.165, 1.54) is 0 Å². The highest BCUT2D eigenvalue weighted by Gasteiger charge is 2.21. The van der Waals surface area contributed by atoms with Crippen LogP contribution in [0.3, 0.4) is 0 Å². The van der Waals surface area contributed by atoms with Gasteiger partial charge in [-0.1, -0.05) is 6.07 Å². The average molecular weight is 436 g/mol. The molecule has 3 aromatic heterocycles. The van der Waals surface area contributed by atoms with E-state index in [0.29, 0.717) is 19.6 Å². The lowest BCUT2D eigenvalue weighted by atomic mass is 9.88. The molecule has 1 atom stereocenters. The van der Waals surface area contributed by atoms with Crippen molar-refractivity contribution in [3.05, 3.63) is 90.3 Å². The summed E-state index contributed by atoms with van der Waals surface area (Å²) >= 11 is 0. The Morgan fingerprint density at radius 3 is 2.12 bits per heavy atom. The third kappa shape index (κ3) is 6.70. The van der Waals surface area contributed by atoms with Crippen molar-refractivity contribution in [2.24, 2.45) is 0 Å². The maximum atomic E-state index is 11.9. The molecule has 32 heavy (non-hydrogen) atoms. The number of carbonyl (C=O) groups excluding carboxylic acids is 2. The van der Waals surface area contributed by atoms with Gasteiger partial charge in [0.2, 0.25) is 13.1 Å². The van der Waals surface area contributed by atoms with Crippen LogP contribution in [0.1, 0.15) is 36.5 Å². The summed E-state index contributed by atoms with van der Waals surface area (Å²) in [7, 11) is 0. The third-order valence-corrected chi connectivity index (χ3v) is 4.96. The number of hydrogen-bond acceptors (Lipinski definition) is 5. The summed E-state index contributed by atoms with van der Waals surface area (Å²) in [4.78, 5) is 28.1. The molecule has 3 heterocycles. The molecule has 0 N–H and O–H groups in total. The molecule has 0 spiro atoms. The fourth-order valence-corrected chi connectivity index (χ4v) is 3.60. The quantitative estimate of drug-likeness (QED) is 0.360. The molecular weight excluding hydrogens is 406 g/mol. The first-order valence-corrected chi connectivity index (χ1v) is 10.8. The standard InChI is InChI=1S/C25H29N3O4/c1-3-31-24(29)18-27-12-6-8-20(16-27)14-23(21-9-5-11-26-15-21)22-10-7-13-28(17-22)19-25(30)32-4-2/h5-13,15-17,23H,3-4,14,18-19H2,1-2H3/q+2. The monoisotopic (exact) mass is 435 g/mol. The predicted molar refractivity (Wildman–Crippen MR) is 116 cm³/mol. The van der Waals surface area contributed by atoms with Gasteiger partial charge in [-0.2, -0.15) is 9.13 Å². The summed E-state index contributed by atoms with van der Waals surface area (Å²) < 4.78 is 13.8. The first-order valence-electron chi connectivity index (χ1n) is 10.8. The van der Waals surface area contributed by atoms with Crippen LogP contribution < -0.4 is 9.13 Å². The van der Waals surface area contributed by atoms with E-state index in [-0.39, 0.29) is 30.9 Å². The molecule has 3 rings (SSSR count). The second kappa shape index (κ2) is 11.7. The zero-order chi connectivity index (χ0) is 22.8. The minimum atomic E-state index is -0.268. The number of ether oxygens (including phenoxy) is 2. The lowest BCUT2D eigenvalue weighted by Crippen LogP contribution is -2.39. The second-order valence-corrected chi connectivity index (χ2v) is 7.35. The lowest BCUT2D eigenvalue weighted by molar-refractivity contribution is -0.686. The summed E-state index contributed by atoms with van der Waals surface area (Å²) in [5.41, 5.74) is 3.21. The predicted octanol–water partition coefficient (Wildman–Crippen LogP) is 2.16. The van der Waals surface area contributed by atoms with Crippen molar-refractivity contribution >= 4 is 11.9 Å². The minimum Gasteiger partial charge on any atom is -0.461 e. The first-order chi connectivity index (χ1) is 15.6. The molecule has 7 nitrogen and oxygen atoms in total. The van der Waals surface area contributed by atoms with E-state index in [0.717, 1.165) is 16.7 Å². The molecule has 0 saturated heterocycles. The Morgan fingerprint density at radius 2 is 1.50 bits per heavy atom. The number of aromatic nitrogens is 3. The van der Waals surface area contributed by atoms with Crippen LogP contribution in [-0.2, 0) is 38.6 Å². The SMILES string of the molecule is CCOC(=O)C[n+]1cccc(CC(c2cccnc2)c2ccc[n+](CC(=O)OCC)c2)c1. The number of pyridine rings is 3. The van der Waals surface area contributed by atoms with Gasteiger partial charge < -0.3 is 9.47 Å². The van der Waals surface area contributed by atoms with Gasteiger partial charge in [0.05, 0.1) is 13.2 Å². The molecule has 0 amide bonds. The van der Waals surface area contributed by atoms with Crippen LogP contribution >= 0.6 is 0 Å². The normalized spacial score (nSPS) is 11.6. The van der Waals surface area contributed by atoms with Crippen molar-refractivity contribution in [2.45, 2.75) is 39.3 Å². The van der Waals surface area contributed by atoms with Crippen molar-refractivity contribution in [3.63, 3.8) is 0 Å². The number of esters is 2. The average Bonchev–Trinajstić information content (AvgIpc) is 2.79. The van der Waals surface area contributed by atoms with Gasteiger partial charge in [0.1, 0.15) is 0 Å². The van der Waals surface area contributed by atoms with Crippen LogP contribution in [0.4, 0.5) is 0 Å². The molecule has 0 bridgehead atoms. The molecule has 7 heteroatoms. The van der Waals surface area contributed by atoms with Crippen LogP contribution in [0.15, 0.2) is 73.6 Å². The van der Waals surface area contributed by atoms with Crippen molar-refractivity contribution in [2.75, 3.05) is 13.2 Å². The highest BCUT2D eigenvalue weighted by molar-refractivity contribution is 5.67. The molecule has 166 valence electrons. The zero-order valence-electron chi connectivity index (χ0n) is 18.5. The Bertz CT molecular complexity index is 1040. The minimum absolute atomic E-state index is 0.0248. The maximum absolute atomic E-state index is 11.9. The highest BCUT2D eigenvalue weighted by atomic mass is 16.5. The molecule has 1 unspecified atom stereocenters. The summed E-state index contributed by atoms with van der Waals surface area (Å²) in [5, 5.41) is 0. The van der Waals surface area contributed by atoms with E-state index in [2.05, 4.69) is 17.1 Å². The molecule has 3 aromatic rings. The largest absolute Gasteiger partial charge is 0.461 e. The fraction of sp³-hybridized carbons (Fsp3) is 0.320. The number of rotatable bonds is 10. The number of hydrogen-bond donors (Lipinski definition) is 0. The zero-order valence-corrected chi connectivity index (χ0v) is 18.5. The van der Waals surface area contributed by atoms with Crippen LogP contribution in [0.2, 0.25) is 0 Å². The van der Waals surface area contributed by atoms with E-state index < -0.39 is 0 Å². The van der Waals surface area contributed by atoms with Gasteiger partial charge in [-0.15, -0.1) is 0 Å². The van der Waals surface area contributed by atoms with Gasteiger partial charge in [0.15, 0.2) is 24.8 Å². The van der Waals surface area contributed by atoms with Gasteiger partial charge in [-0.3, -0.25) is 4.98 Å². The van der Waals surface area contributed by atoms with Crippen molar-refractivity contribution in [3.8, 4) is 0 Å². The Balaban J connectivity index is 1.87. The molecule has 0 aliphatic carbocycles. The van der Waals surface area contributed by atoms with Crippen LogP contribution in [-0.4, -0.2) is 30.1 Å². The molecule has 0 aromatic carbocycles. The van der Waals surface area contributed by atoms with Crippen molar-refractivity contribution < 1.29 is 28.2 Å². The molecular formula is C25H29N3O4+2. The van der Waals surface area contributed by atoms with Gasteiger partial charge in [0.25, 0.3) is 0 Å². The first kappa shape index (κ1) is 23.1. The highest BCUT2D eigenvalue weighted by Crippen LogP contribution is 2.27. The summed E-state index contributed by atoms with van der Waals surface area (Å²) in [6.45, 7) is 4.65. The third-order valence-electron chi connectivity index (χ3n) is 4.96. The van der Waals surface area contributed by atoms with Crippen LogP contribution in [0.25, 0.3) is 0 Å². The van der Waals surface area contributed by atoms with E-state index >= 15 is 0 Å². The summed E-state index contributed by atoms with van der Waals surface area (Å²) in [5.74, 6) is -0.506. The molecule has 0 fully saturated rings. The van der Waals surface area contributed by atoms with Gasteiger partial charge >= 0.3 is 11.9 Å². The van der Waals surface area contributed by atoms with Crippen molar-refractivity contribution in [1.29, 1.82) is 0 Å². The Labute approximate surface area is 188 Å². The van der Waals surface area contributed by atoms with Gasteiger partial charge in [0, 0.05) is 41.6 Å². The summed E-state index contributed by atoms with van der Waals surface area (Å²) in [6.07, 6.45) is 12.0. The number of carbonyl (C=O) groups is 2. The Kier molecular flexibility index (Phi) is 8.43. The molecule has 0 radical (unpaired) electrons. The topological polar surface area (TPSA) is 73.3 Å². The smallest absolute Gasteiger partial charge is 0.372 e. The Hall–Kier alpha value is -3.61. The molecule has 0 aliphatic rings.